The van der Waals surface area contributed by atoms with Gasteiger partial charge in [0.15, 0.2) is 0 Å². The van der Waals surface area contributed by atoms with Crippen molar-refractivity contribution in [3.63, 3.8) is 0 Å². The maximum atomic E-state index is 4.48. The summed E-state index contributed by atoms with van der Waals surface area (Å²) in [7, 11) is 0. The molecule has 22 heavy (non-hydrogen) atoms. The number of aromatic nitrogens is 2. The second-order valence-electron chi connectivity index (χ2n) is 5.45. The van der Waals surface area contributed by atoms with Crippen molar-refractivity contribution in [1.82, 2.24) is 9.55 Å². The van der Waals surface area contributed by atoms with Crippen LogP contribution in [0.4, 0.5) is 0 Å². The number of hydrogen-bond acceptors (Lipinski definition) is 1. The average Bonchev–Trinajstić information content (AvgIpc) is 2.91. The molecule has 2 nitrogen and oxygen atoms in total. The molecule has 2 heterocycles. The second-order valence-corrected chi connectivity index (χ2v) is 5.45. The third-order valence-corrected chi connectivity index (χ3v) is 3.97. The number of pyridine rings is 1. The first-order valence-corrected chi connectivity index (χ1v) is 7.42. The zero-order chi connectivity index (χ0) is 14.9. The molecule has 0 radical (unpaired) electrons. The number of fused-ring (bicyclic) bond motifs is 1. The Labute approximate surface area is 129 Å². The van der Waals surface area contributed by atoms with Gasteiger partial charge in [0.05, 0.1) is 5.52 Å². The summed E-state index contributed by atoms with van der Waals surface area (Å²) in [5.41, 5.74) is 4.87. The highest BCUT2D eigenvalue weighted by Gasteiger charge is 2.09. The van der Waals surface area contributed by atoms with Crippen LogP contribution in [0.3, 0.4) is 0 Å². The van der Waals surface area contributed by atoms with Gasteiger partial charge in [-0.2, -0.15) is 0 Å². The fourth-order valence-electron chi connectivity index (χ4n) is 2.95. The molecule has 2 aromatic carbocycles. The van der Waals surface area contributed by atoms with Crippen LogP contribution in [0.1, 0.15) is 5.69 Å². The fourth-order valence-corrected chi connectivity index (χ4v) is 2.95. The molecule has 0 spiro atoms. The minimum Gasteiger partial charge on any atom is -0.299 e. The van der Waals surface area contributed by atoms with E-state index in [-0.39, 0.29) is 0 Å². The number of aryl methyl sites for hydroxylation is 1. The Morgan fingerprint density at radius 2 is 1.59 bits per heavy atom. The third-order valence-electron chi connectivity index (χ3n) is 3.97. The maximum absolute atomic E-state index is 4.48. The molecule has 0 bridgehead atoms. The van der Waals surface area contributed by atoms with Crippen LogP contribution in [0.15, 0.2) is 79.0 Å². The molecule has 2 aromatic heterocycles. The van der Waals surface area contributed by atoms with Crippen molar-refractivity contribution in [2.45, 2.75) is 6.92 Å². The Balaban J connectivity index is 1.90. The van der Waals surface area contributed by atoms with Crippen LogP contribution >= 0.6 is 0 Å². The predicted octanol–water partition coefficient (Wildman–Crippen LogP) is 5.00. The molecule has 0 aliphatic heterocycles. The lowest BCUT2D eigenvalue weighted by Gasteiger charge is -2.07. The van der Waals surface area contributed by atoms with Crippen LogP contribution in [-0.2, 0) is 0 Å². The molecule has 2 heteroatoms. The van der Waals surface area contributed by atoms with Crippen molar-refractivity contribution < 1.29 is 0 Å². The first-order valence-electron chi connectivity index (χ1n) is 7.42. The molecule has 0 aliphatic carbocycles. The van der Waals surface area contributed by atoms with Gasteiger partial charge in [0.25, 0.3) is 0 Å². The van der Waals surface area contributed by atoms with Gasteiger partial charge in [0.1, 0.15) is 5.82 Å². The van der Waals surface area contributed by atoms with E-state index in [2.05, 4.69) is 65.0 Å². The summed E-state index contributed by atoms with van der Waals surface area (Å²) in [5, 5.41) is 1.24. The number of benzene rings is 2. The minimum atomic E-state index is 0.961. The monoisotopic (exact) mass is 284 g/mol. The van der Waals surface area contributed by atoms with Crippen LogP contribution < -0.4 is 0 Å². The van der Waals surface area contributed by atoms with Gasteiger partial charge in [0.2, 0.25) is 0 Å². The summed E-state index contributed by atoms with van der Waals surface area (Å²) < 4.78 is 2.20. The van der Waals surface area contributed by atoms with Crippen molar-refractivity contribution >= 4 is 10.9 Å². The highest BCUT2D eigenvalue weighted by atomic mass is 15.1. The molecular formula is C20H16N2. The minimum absolute atomic E-state index is 0.961. The molecule has 0 saturated carbocycles. The van der Waals surface area contributed by atoms with E-state index in [4.69, 9.17) is 0 Å². The molecule has 0 unspecified atom stereocenters. The second kappa shape index (κ2) is 5.15. The molecule has 0 fully saturated rings. The third kappa shape index (κ3) is 2.09. The van der Waals surface area contributed by atoms with E-state index in [0.29, 0.717) is 0 Å². The summed E-state index contributed by atoms with van der Waals surface area (Å²) in [6.07, 6.45) is 1.83. The van der Waals surface area contributed by atoms with Crippen molar-refractivity contribution in [2.24, 2.45) is 0 Å². The van der Waals surface area contributed by atoms with Crippen LogP contribution in [0.2, 0.25) is 0 Å². The zero-order valence-corrected chi connectivity index (χ0v) is 12.4. The van der Waals surface area contributed by atoms with Gasteiger partial charge in [-0.25, -0.2) is 4.98 Å². The van der Waals surface area contributed by atoms with Gasteiger partial charge < -0.3 is 0 Å². The zero-order valence-electron chi connectivity index (χ0n) is 12.4. The molecular weight excluding hydrogens is 268 g/mol. The Hall–Kier alpha value is -2.87. The smallest absolute Gasteiger partial charge is 0.137 e. The van der Waals surface area contributed by atoms with Crippen molar-refractivity contribution in [1.29, 1.82) is 0 Å². The number of rotatable bonds is 2. The van der Waals surface area contributed by atoms with E-state index in [1.807, 2.05) is 30.5 Å². The molecule has 0 atom stereocenters. The van der Waals surface area contributed by atoms with E-state index in [1.165, 1.54) is 27.7 Å². The normalized spacial score (nSPS) is 11.0. The first kappa shape index (κ1) is 12.8. The van der Waals surface area contributed by atoms with Gasteiger partial charge in [-0.05, 0) is 48.4 Å². The molecule has 0 N–H and O–H groups in total. The van der Waals surface area contributed by atoms with E-state index in [1.54, 1.807) is 0 Å². The highest BCUT2D eigenvalue weighted by molar-refractivity contribution is 5.87. The number of nitrogens with zero attached hydrogens (tertiary/aromatic N) is 2. The lowest BCUT2D eigenvalue weighted by molar-refractivity contribution is 0.994. The summed E-state index contributed by atoms with van der Waals surface area (Å²) in [6.45, 7) is 2.12. The quantitative estimate of drug-likeness (QED) is 0.506. The Morgan fingerprint density at radius 1 is 0.773 bits per heavy atom. The highest BCUT2D eigenvalue weighted by Crippen LogP contribution is 2.28. The molecule has 106 valence electrons. The van der Waals surface area contributed by atoms with Gasteiger partial charge in [-0.3, -0.25) is 4.57 Å². The first-order chi connectivity index (χ1) is 10.8. The summed E-state index contributed by atoms with van der Waals surface area (Å²) in [6, 6.07) is 25.3. The van der Waals surface area contributed by atoms with Crippen LogP contribution in [-0.4, -0.2) is 9.55 Å². The fraction of sp³-hybridized carbons (Fsp3) is 0.0500. The van der Waals surface area contributed by atoms with Crippen molar-refractivity contribution in [3.8, 4) is 16.9 Å². The Kier molecular flexibility index (Phi) is 3.01. The summed E-state index contributed by atoms with van der Waals surface area (Å²) in [5.74, 6) is 0.961. The molecule has 0 saturated heterocycles. The molecule has 0 amide bonds. The van der Waals surface area contributed by atoms with Gasteiger partial charge in [-0.15, -0.1) is 0 Å². The lowest BCUT2D eigenvalue weighted by atomic mass is 10.0. The molecule has 0 aliphatic rings. The van der Waals surface area contributed by atoms with E-state index < -0.39 is 0 Å². The summed E-state index contributed by atoms with van der Waals surface area (Å²) in [4.78, 5) is 4.48. The molecule has 4 rings (SSSR count). The van der Waals surface area contributed by atoms with Crippen molar-refractivity contribution in [3.05, 3.63) is 84.7 Å². The predicted molar refractivity (Wildman–Crippen MR) is 91.2 cm³/mol. The number of hydrogen-bond donors (Lipinski definition) is 0. The van der Waals surface area contributed by atoms with Gasteiger partial charge >= 0.3 is 0 Å². The van der Waals surface area contributed by atoms with E-state index >= 15 is 0 Å². The van der Waals surface area contributed by atoms with Crippen LogP contribution in [0.5, 0.6) is 0 Å². The largest absolute Gasteiger partial charge is 0.299 e. The average molecular weight is 284 g/mol. The Morgan fingerprint density at radius 3 is 2.36 bits per heavy atom. The van der Waals surface area contributed by atoms with E-state index in [9.17, 15) is 0 Å². The van der Waals surface area contributed by atoms with Gasteiger partial charge in [0, 0.05) is 17.3 Å². The van der Waals surface area contributed by atoms with Crippen LogP contribution in [0.25, 0.3) is 27.8 Å². The standard InChI is InChI=1S/C20H16N2/c1-15-13-18-14-17(16-7-3-2-4-8-16)10-11-19(18)22(15)20-9-5-6-12-21-20/h2-14H,1H3. The topological polar surface area (TPSA) is 17.8 Å². The van der Waals surface area contributed by atoms with Crippen molar-refractivity contribution in [2.75, 3.05) is 0 Å². The molecule has 4 aromatic rings. The van der Waals surface area contributed by atoms with Gasteiger partial charge in [-0.1, -0.05) is 42.5 Å². The SMILES string of the molecule is Cc1cc2cc(-c3ccccc3)ccc2n1-c1ccccn1. The lowest BCUT2D eigenvalue weighted by Crippen LogP contribution is -1.98. The summed E-state index contributed by atoms with van der Waals surface area (Å²) >= 11 is 0. The van der Waals surface area contributed by atoms with Crippen LogP contribution in [0, 0.1) is 6.92 Å². The van der Waals surface area contributed by atoms with E-state index in [0.717, 1.165) is 5.82 Å². The Bertz CT molecular complexity index is 922. The maximum Gasteiger partial charge on any atom is 0.137 e.